The van der Waals surface area contributed by atoms with Crippen LogP contribution in [0.15, 0.2) is 54.6 Å². The molecule has 0 fully saturated rings. The molecule has 3 rings (SSSR count). The van der Waals surface area contributed by atoms with Crippen LogP contribution in [0.1, 0.15) is 36.7 Å². The Kier molecular flexibility index (Phi) is 6.77. The van der Waals surface area contributed by atoms with Gasteiger partial charge in [-0.2, -0.15) is 0 Å². The van der Waals surface area contributed by atoms with E-state index >= 15 is 0 Å². The van der Waals surface area contributed by atoms with Gasteiger partial charge in [0.2, 0.25) is 0 Å². The van der Waals surface area contributed by atoms with E-state index in [0.29, 0.717) is 15.8 Å². The predicted molar refractivity (Wildman–Crippen MR) is 123 cm³/mol. The van der Waals surface area contributed by atoms with Gasteiger partial charge in [-0.1, -0.05) is 80.4 Å². The molecule has 0 unspecified atom stereocenters. The second-order valence-electron chi connectivity index (χ2n) is 8.31. The maximum absolute atomic E-state index is 13.1. The molecule has 0 saturated carbocycles. The molecule has 0 bridgehead atoms. The Balaban J connectivity index is 1.98. The second kappa shape index (κ2) is 9.16. The first-order chi connectivity index (χ1) is 14.6. The van der Waals surface area contributed by atoms with Crippen molar-refractivity contribution in [1.29, 1.82) is 0 Å². The molecule has 0 heterocycles. The monoisotopic (exact) mass is 459 g/mol. The normalized spacial score (nSPS) is 12.4. The van der Waals surface area contributed by atoms with E-state index < -0.39 is 23.3 Å². The zero-order valence-electron chi connectivity index (χ0n) is 17.4. The third kappa shape index (κ3) is 5.30. The van der Waals surface area contributed by atoms with Gasteiger partial charge in [0, 0.05) is 5.39 Å². The summed E-state index contributed by atoms with van der Waals surface area (Å²) in [5.74, 6) is -1.24. The first kappa shape index (κ1) is 22.9. The lowest BCUT2D eigenvalue weighted by Gasteiger charge is -2.28. The average Bonchev–Trinajstić information content (AvgIpc) is 2.71. The third-order valence-electron chi connectivity index (χ3n) is 4.88. The van der Waals surface area contributed by atoms with Crippen LogP contribution in [0.25, 0.3) is 10.8 Å². The van der Waals surface area contributed by atoms with Crippen molar-refractivity contribution in [3.05, 3.63) is 75.8 Å². The molecule has 0 saturated heterocycles. The van der Waals surface area contributed by atoms with Crippen molar-refractivity contribution < 1.29 is 19.4 Å². The lowest BCUT2D eigenvalue weighted by Crippen LogP contribution is -2.49. The van der Waals surface area contributed by atoms with Gasteiger partial charge in [-0.15, -0.1) is 0 Å². The molecule has 0 aliphatic heterocycles. The fourth-order valence-electron chi connectivity index (χ4n) is 3.22. The van der Waals surface area contributed by atoms with Crippen molar-refractivity contribution in [2.24, 2.45) is 5.41 Å². The molecule has 0 aliphatic carbocycles. The Bertz CT molecular complexity index is 1140. The molecule has 3 aromatic rings. The Morgan fingerprint density at radius 1 is 1.03 bits per heavy atom. The molecule has 1 atom stereocenters. The van der Waals surface area contributed by atoms with Crippen LogP contribution >= 0.6 is 23.2 Å². The van der Waals surface area contributed by atoms with Gasteiger partial charge in [0.05, 0.1) is 15.6 Å². The Morgan fingerprint density at radius 3 is 2.39 bits per heavy atom. The number of ether oxygens (including phenoxy) is 1. The average molecular weight is 460 g/mol. The molecule has 1 amide bonds. The van der Waals surface area contributed by atoms with Crippen molar-refractivity contribution in [1.82, 2.24) is 5.32 Å². The van der Waals surface area contributed by atoms with E-state index in [1.807, 2.05) is 30.3 Å². The molecule has 162 valence electrons. The molecule has 5 nitrogen and oxygen atoms in total. The van der Waals surface area contributed by atoms with Crippen LogP contribution in [0.5, 0.6) is 5.75 Å². The SMILES string of the molecule is CC(C)(C)[C@H](NC(=O)c1ccc2ccccc2c1OCc1ccc(Cl)c(Cl)c1)C(=O)O. The molecule has 31 heavy (non-hydrogen) atoms. The number of carbonyl (C=O) groups excluding carboxylic acids is 1. The van der Waals surface area contributed by atoms with Gasteiger partial charge in [0.15, 0.2) is 0 Å². The second-order valence-corrected chi connectivity index (χ2v) is 9.13. The number of carbonyl (C=O) groups is 2. The summed E-state index contributed by atoms with van der Waals surface area (Å²) in [6.07, 6.45) is 0. The number of carboxylic acids is 1. The highest BCUT2D eigenvalue weighted by atomic mass is 35.5. The summed E-state index contributed by atoms with van der Waals surface area (Å²) in [6.45, 7) is 5.43. The molecule has 0 radical (unpaired) electrons. The van der Waals surface area contributed by atoms with Crippen LogP contribution in [0.2, 0.25) is 10.0 Å². The maximum Gasteiger partial charge on any atom is 0.326 e. The van der Waals surface area contributed by atoms with E-state index in [-0.39, 0.29) is 12.2 Å². The highest BCUT2D eigenvalue weighted by Crippen LogP contribution is 2.32. The number of aliphatic carboxylic acids is 1. The Morgan fingerprint density at radius 2 is 1.74 bits per heavy atom. The lowest BCUT2D eigenvalue weighted by molar-refractivity contribution is -0.142. The molecule has 3 aromatic carbocycles. The Labute approximate surface area is 190 Å². The van der Waals surface area contributed by atoms with E-state index in [0.717, 1.165) is 16.3 Å². The van der Waals surface area contributed by atoms with Gasteiger partial charge in [0.1, 0.15) is 18.4 Å². The maximum atomic E-state index is 13.1. The van der Waals surface area contributed by atoms with Crippen molar-refractivity contribution in [3.63, 3.8) is 0 Å². The number of hydrogen-bond donors (Lipinski definition) is 2. The van der Waals surface area contributed by atoms with Gasteiger partial charge in [-0.3, -0.25) is 4.79 Å². The van der Waals surface area contributed by atoms with Crippen molar-refractivity contribution in [2.75, 3.05) is 0 Å². The molecule has 0 spiro atoms. The zero-order valence-corrected chi connectivity index (χ0v) is 18.9. The highest BCUT2D eigenvalue weighted by Gasteiger charge is 2.33. The van der Waals surface area contributed by atoms with Crippen molar-refractivity contribution in [2.45, 2.75) is 33.4 Å². The van der Waals surface area contributed by atoms with Crippen molar-refractivity contribution >= 4 is 45.9 Å². The summed E-state index contributed by atoms with van der Waals surface area (Å²) >= 11 is 12.1. The fourth-order valence-corrected chi connectivity index (χ4v) is 3.54. The van der Waals surface area contributed by atoms with Gasteiger partial charge in [0.25, 0.3) is 5.91 Å². The summed E-state index contributed by atoms with van der Waals surface area (Å²) in [5, 5.41) is 14.7. The summed E-state index contributed by atoms with van der Waals surface area (Å²) in [7, 11) is 0. The number of fused-ring (bicyclic) bond motifs is 1. The topological polar surface area (TPSA) is 75.6 Å². The molecule has 0 aliphatic rings. The predicted octanol–water partition coefficient (Wildman–Crippen LogP) is 5.95. The first-order valence-corrected chi connectivity index (χ1v) is 10.5. The highest BCUT2D eigenvalue weighted by molar-refractivity contribution is 6.42. The summed E-state index contributed by atoms with van der Waals surface area (Å²) in [5.41, 5.74) is 0.375. The number of nitrogens with one attached hydrogen (secondary N) is 1. The molecule has 7 heteroatoms. The van der Waals surface area contributed by atoms with Gasteiger partial charge < -0.3 is 15.2 Å². The molecular weight excluding hydrogens is 437 g/mol. The van der Waals surface area contributed by atoms with Crippen LogP contribution in [-0.2, 0) is 11.4 Å². The largest absolute Gasteiger partial charge is 0.487 e. The van der Waals surface area contributed by atoms with Gasteiger partial charge >= 0.3 is 5.97 Å². The van der Waals surface area contributed by atoms with E-state index in [4.69, 9.17) is 27.9 Å². The molecular formula is C24H23Cl2NO4. The number of rotatable bonds is 6. The lowest BCUT2D eigenvalue weighted by atomic mass is 9.86. The van der Waals surface area contributed by atoms with Crippen LogP contribution in [-0.4, -0.2) is 23.0 Å². The number of hydrogen-bond acceptors (Lipinski definition) is 3. The van der Waals surface area contributed by atoms with Crippen molar-refractivity contribution in [3.8, 4) is 5.75 Å². The first-order valence-electron chi connectivity index (χ1n) is 9.70. The van der Waals surface area contributed by atoms with E-state index in [2.05, 4.69) is 5.32 Å². The third-order valence-corrected chi connectivity index (χ3v) is 5.62. The van der Waals surface area contributed by atoms with Crippen LogP contribution < -0.4 is 10.1 Å². The minimum atomic E-state index is -1.10. The standard InChI is InChI=1S/C24H23Cl2NO4/c1-24(2,3)21(23(29)30)27-22(28)17-10-9-15-6-4-5-7-16(15)20(17)31-13-14-8-11-18(25)19(26)12-14/h4-12,21H,13H2,1-3H3,(H,27,28)(H,29,30)/t21-/m1/s1. The Hall–Kier alpha value is -2.76. The van der Waals surface area contributed by atoms with Crippen LogP contribution in [0.3, 0.4) is 0 Å². The smallest absolute Gasteiger partial charge is 0.326 e. The van der Waals surface area contributed by atoms with Crippen LogP contribution in [0.4, 0.5) is 0 Å². The van der Waals surface area contributed by atoms with E-state index in [1.54, 1.807) is 45.0 Å². The van der Waals surface area contributed by atoms with Gasteiger partial charge in [-0.05, 0) is 34.6 Å². The minimum Gasteiger partial charge on any atom is -0.487 e. The summed E-state index contributed by atoms with van der Waals surface area (Å²) in [4.78, 5) is 24.8. The van der Waals surface area contributed by atoms with Gasteiger partial charge in [-0.25, -0.2) is 4.79 Å². The number of benzene rings is 3. The number of amides is 1. The number of carboxylic acid groups (broad SMARTS) is 1. The number of halogens is 2. The van der Waals surface area contributed by atoms with Crippen LogP contribution in [0, 0.1) is 5.41 Å². The summed E-state index contributed by atoms with van der Waals surface area (Å²) < 4.78 is 6.07. The zero-order chi connectivity index (χ0) is 22.8. The molecule has 2 N–H and O–H groups in total. The fraction of sp³-hybridized carbons (Fsp3) is 0.250. The van der Waals surface area contributed by atoms with E-state index in [1.165, 1.54) is 0 Å². The molecule has 0 aromatic heterocycles. The quantitative estimate of drug-likeness (QED) is 0.476. The minimum absolute atomic E-state index is 0.160. The summed E-state index contributed by atoms with van der Waals surface area (Å²) in [6, 6.07) is 15.1. The van der Waals surface area contributed by atoms with E-state index in [9.17, 15) is 14.7 Å².